The first-order valence-corrected chi connectivity index (χ1v) is 9.61. The number of ether oxygens (including phenoxy) is 2. The van der Waals surface area contributed by atoms with Gasteiger partial charge in [-0.1, -0.05) is 6.07 Å². The molecule has 9 nitrogen and oxygen atoms in total. The Balaban J connectivity index is 1.47. The van der Waals surface area contributed by atoms with Gasteiger partial charge in [0.1, 0.15) is 18.1 Å². The van der Waals surface area contributed by atoms with E-state index in [1.807, 2.05) is 12.1 Å². The van der Waals surface area contributed by atoms with Crippen molar-refractivity contribution in [1.82, 2.24) is 15.3 Å². The van der Waals surface area contributed by atoms with Crippen molar-refractivity contribution in [3.05, 3.63) is 54.5 Å². The summed E-state index contributed by atoms with van der Waals surface area (Å²) in [6, 6.07) is 12.4. The number of carbonyl (C=O) groups excluding carboxylic acids is 1. The van der Waals surface area contributed by atoms with Gasteiger partial charge in [-0.25, -0.2) is 9.37 Å². The minimum absolute atomic E-state index is 0.0289. The Hall–Kier alpha value is -4.08. The maximum absolute atomic E-state index is 14.3. The highest BCUT2D eigenvalue weighted by atomic mass is 19.1. The molecule has 1 aliphatic rings. The predicted octanol–water partition coefficient (Wildman–Crippen LogP) is 3.03. The van der Waals surface area contributed by atoms with E-state index in [0.717, 1.165) is 17.6 Å². The van der Waals surface area contributed by atoms with Gasteiger partial charge >= 0.3 is 0 Å². The third kappa shape index (κ3) is 5.10. The van der Waals surface area contributed by atoms with Gasteiger partial charge in [-0.3, -0.25) is 4.79 Å². The number of rotatable bonds is 7. The average Bonchev–Trinajstić information content (AvgIpc) is 2.80. The van der Waals surface area contributed by atoms with Crippen molar-refractivity contribution in [3.63, 3.8) is 0 Å². The molecule has 0 atom stereocenters. The Morgan fingerprint density at radius 1 is 1.23 bits per heavy atom. The van der Waals surface area contributed by atoms with Gasteiger partial charge in [-0.15, -0.1) is 0 Å². The van der Waals surface area contributed by atoms with Crippen LogP contribution in [0.1, 0.15) is 0 Å². The third-order valence-electron chi connectivity index (χ3n) is 4.40. The summed E-state index contributed by atoms with van der Waals surface area (Å²) in [7, 11) is 1.54. The summed E-state index contributed by atoms with van der Waals surface area (Å²) in [6.45, 7) is 1.22. The molecule has 10 heteroatoms. The van der Waals surface area contributed by atoms with Crippen molar-refractivity contribution in [3.8, 4) is 11.5 Å². The lowest BCUT2D eigenvalue weighted by Gasteiger charge is -2.20. The first-order chi connectivity index (χ1) is 15.1. The number of nitrogens with zero attached hydrogens (tertiary/aromatic N) is 2. The third-order valence-corrected chi connectivity index (χ3v) is 4.40. The Morgan fingerprint density at radius 2 is 2.10 bits per heavy atom. The Kier molecular flexibility index (Phi) is 5.97. The molecule has 0 unspecified atom stereocenters. The molecular weight excluding hydrogens is 403 g/mol. The molecule has 0 spiro atoms. The number of fused-ring (bicyclic) bond motifs is 1. The fourth-order valence-electron chi connectivity index (χ4n) is 2.88. The van der Waals surface area contributed by atoms with Crippen LogP contribution in [-0.2, 0) is 4.79 Å². The average molecular weight is 424 g/mol. The van der Waals surface area contributed by atoms with Crippen LogP contribution < -0.4 is 30.7 Å². The number of hydrogen-bond acceptors (Lipinski definition) is 8. The highest BCUT2D eigenvalue weighted by molar-refractivity contribution is 5.77. The van der Waals surface area contributed by atoms with Crippen LogP contribution in [0.5, 0.6) is 11.5 Å². The van der Waals surface area contributed by atoms with Crippen LogP contribution >= 0.6 is 0 Å². The lowest BCUT2D eigenvalue weighted by atomic mass is 10.2. The molecule has 0 saturated carbocycles. The van der Waals surface area contributed by atoms with E-state index in [-0.39, 0.29) is 24.3 Å². The Labute approximate surface area is 178 Å². The molecule has 160 valence electrons. The zero-order chi connectivity index (χ0) is 21.6. The van der Waals surface area contributed by atoms with E-state index in [1.165, 1.54) is 7.05 Å². The number of anilines is 5. The van der Waals surface area contributed by atoms with Gasteiger partial charge in [0.05, 0.1) is 11.9 Å². The van der Waals surface area contributed by atoms with E-state index in [4.69, 9.17) is 9.47 Å². The summed E-state index contributed by atoms with van der Waals surface area (Å²) in [6.07, 6.45) is 1.09. The van der Waals surface area contributed by atoms with Crippen LogP contribution in [0.2, 0.25) is 0 Å². The van der Waals surface area contributed by atoms with Gasteiger partial charge < -0.3 is 30.7 Å². The molecule has 0 saturated heterocycles. The fourth-order valence-corrected chi connectivity index (χ4v) is 2.88. The Bertz CT molecular complexity index is 1090. The van der Waals surface area contributed by atoms with Crippen LogP contribution in [0.25, 0.3) is 0 Å². The second-order valence-electron chi connectivity index (χ2n) is 6.62. The zero-order valence-corrected chi connectivity index (χ0v) is 16.7. The zero-order valence-electron chi connectivity index (χ0n) is 16.7. The molecule has 3 aromatic rings. The van der Waals surface area contributed by atoms with E-state index < -0.39 is 5.82 Å². The smallest absolute Gasteiger partial charge is 0.257 e. The number of carbonyl (C=O) groups is 1. The van der Waals surface area contributed by atoms with E-state index >= 15 is 0 Å². The van der Waals surface area contributed by atoms with Crippen molar-refractivity contribution < 1.29 is 18.7 Å². The second kappa shape index (κ2) is 9.16. The monoisotopic (exact) mass is 424 g/mol. The molecule has 1 amide bonds. The van der Waals surface area contributed by atoms with Crippen LogP contribution in [0.15, 0.2) is 48.7 Å². The van der Waals surface area contributed by atoms with Gasteiger partial charge in [0.15, 0.2) is 18.2 Å². The molecule has 4 rings (SSSR count). The van der Waals surface area contributed by atoms with Crippen molar-refractivity contribution in [2.75, 3.05) is 42.8 Å². The molecular formula is C21H21FN6O3. The van der Waals surface area contributed by atoms with E-state index in [1.54, 1.807) is 30.3 Å². The summed E-state index contributed by atoms with van der Waals surface area (Å²) in [5.41, 5.74) is 2.12. The number of halogens is 1. The van der Waals surface area contributed by atoms with Crippen molar-refractivity contribution in [2.24, 2.45) is 0 Å². The summed E-state index contributed by atoms with van der Waals surface area (Å²) < 4.78 is 25.3. The number of nitrogens with one attached hydrogen (secondary N) is 4. The standard InChI is InChI=1S/C21H21FN6O3/c1-23-19(29)12-31-15-4-2-3-13(9-15)27-21-25-11-16(22)20(28-21)26-14-5-6-18-17(10-14)24-7-8-30-18/h2-6,9-11,24H,7-8,12H2,1H3,(H,23,29)(H2,25,26,27,28). The van der Waals surface area contributed by atoms with Gasteiger partial charge in [0.2, 0.25) is 5.95 Å². The van der Waals surface area contributed by atoms with Crippen LogP contribution in [0.4, 0.5) is 33.2 Å². The largest absolute Gasteiger partial charge is 0.490 e. The molecule has 1 aliphatic heterocycles. The molecule has 31 heavy (non-hydrogen) atoms. The minimum atomic E-state index is -0.588. The molecule has 2 aromatic carbocycles. The number of likely N-dealkylation sites (N-methyl/N-ethyl adjacent to an activating group) is 1. The Morgan fingerprint density at radius 3 is 2.97 bits per heavy atom. The van der Waals surface area contributed by atoms with E-state index in [0.29, 0.717) is 30.3 Å². The number of aromatic nitrogens is 2. The van der Waals surface area contributed by atoms with Crippen molar-refractivity contribution in [1.29, 1.82) is 0 Å². The minimum Gasteiger partial charge on any atom is -0.490 e. The van der Waals surface area contributed by atoms with Crippen molar-refractivity contribution in [2.45, 2.75) is 0 Å². The lowest BCUT2D eigenvalue weighted by Crippen LogP contribution is -2.24. The highest BCUT2D eigenvalue weighted by Crippen LogP contribution is 2.31. The quantitative estimate of drug-likeness (QED) is 0.458. The van der Waals surface area contributed by atoms with Crippen LogP contribution in [-0.4, -0.2) is 42.7 Å². The van der Waals surface area contributed by atoms with Gasteiger partial charge in [0.25, 0.3) is 5.91 Å². The molecule has 2 heterocycles. The van der Waals surface area contributed by atoms with Crippen LogP contribution in [0, 0.1) is 5.82 Å². The fraction of sp³-hybridized carbons (Fsp3) is 0.190. The molecule has 4 N–H and O–H groups in total. The molecule has 0 bridgehead atoms. The number of amides is 1. The lowest BCUT2D eigenvalue weighted by molar-refractivity contribution is -0.122. The first kappa shape index (κ1) is 20.2. The second-order valence-corrected chi connectivity index (χ2v) is 6.62. The SMILES string of the molecule is CNC(=O)COc1cccc(Nc2ncc(F)c(Nc3ccc4c(c3)NCCO4)n2)c1. The van der Waals surface area contributed by atoms with Crippen LogP contribution in [0.3, 0.4) is 0 Å². The molecule has 0 aliphatic carbocycles. The molecule has 0 radical (unpaired) electrons. The molecule has 1 aromatic heterocycles. The maximum atomic E-state index is 14.3. The van der Waals surface area contributed by atoms with Crippen molar-refractivity contribution >= 4 is 34.7 Å². The van der Waals surface area contributed by atoms with Gasteiger partial charge in [-0.2, -0.15) is 4.98 Å². The number of hydrogen-bond donors (Lipinski definition) is 4. The molecule has 0 fully saturated rings. The van der Waals surface area contributed by atoms with E-state index in [9.17, 15) is 9.18 Å². The van der Waals surface area contributed by atoms with Gasteiger partial charge in [-0.05, 0) is 30.3 Å². The predicted molar refractivity (Wildman–Crippen MR) is 115 cm³/mol. The summed E-state index contributed by atoms with van der Waals surface area (Å²) in [5.74, 6) is 0.654. The summed E-state index contributed by atoms with van der Waals surface area (Å²) in [4.78, 5) is 19.6. The number of benzene rings is 2. The topological polar surface area (TPSA) is 109 Å². The normalized spacial score (nSPS) is 12.1. The van der Waals surface area contributed by atoms with Gasteiger partial charge in [0, 0.05) is 31.0 Å². The maximum Gasteiger partial charge on any atom is 0.257 e. The summed E-state index contributed by atoms with van der Waals surface area (Å²) >= 11 is 0. The van der Waals surface area contributed by atoms with E-state index in [2.05, 4.69) is 31.2 Å². The highest BCUT2D eigenvalue weighted by Gasteiger charge is 2.12. The first-order valence-electron chi connectivity index (χ1n) is 9.61. The summed E-state index contributed by atoms with van der Waals surface area (Å²) in [5, 5.41) is 11.7.